The van der Waals surface area contributed by atoms with Gasteiger partial charge in [0.25, 0.3) is 5.91 Å². The van der Waals surface area contributed by atoms with Crippen LogP contribution >= 0.6 is 0 Å². The summed E-state index contributed by atoms with van der Waals surface area (Å²) in [7, 11) is 6.01. The molecule has 12 heteroatoms. The number of hydrogen-bond acceptors (Lipinski definition) is 9. The minimum atomic E-state index is -2.43. The van der Waals surface area contributed by atoms with Crippen LogP contribution in [-0.2, 0) is 32.0 Å². The van der Waals surface area contributed by atoms with Crippen LogP contribution in [0.25, 0.3) is 0 Å². The maximum atomic E-state index is 13.1. The van der Waals surface area contributed by atoms with Crippen molar-refractivity contribution in [2.45, 2.75) is 30.9 Å². The van der Waals surface area contributed by atoms with Crippen LogP contribution in [0.4, 0.5) is 5.69 Å². The van der Waals surface area contributed by atoms with Crippen LogP contribution in [0.1, 0.15) is 17.5 Å². The smallest absolute Gasteiger partial charge is 0.313 e. The largest absolute Gasteiger partial charge is 0.509 e. The van der Waals surface area contributed by atoms with Crippen molar-refractivity contribution in [3.63, 3.8) is 0 Å². The van der Waals surface area contributed by atoms with Gasteiger partial charge in [-0.2, -0.15) is 0 Å². The lowest BCUT2D eigenvalue weighted by atomic mass is 9.59. The van der Waals surface area contributed by atoms with Crippen LogP contribution in [0.15, 0.2) is 34.8 Å². The third-order valence-electron chi connectivity index (χ3n) is 7.59. The maximum Gasteiger partial charge on any atom is 0.313 e. The van der Waals surface area contributed by atoms with Crippen LogP contribution < -0.4 is 11.1 Å². The Morgan fingerprint density at radius 3 is 2.30 bits per heavy atom. The van der Waals surface area contributed by atoms with Crippen LogP contribution in [0.3, 0.4) is 0 Å². The molecule has 4 rings (SSSR count). The molecule has 0 spiro atoms. The van der Waals surface area contributed by atoms with E-state index in [2.05, 4.69) is 5.32 Å². The zero-order chi connectivity index (χ0) is 27.6. The zero-order valence-corrected chi connectivity index (χ0v) is 20.9. The van der Waals surface area contributed by atoms with Crippen molar-refractivity contribution in [3.8, 4) is 5.75 Å². The van der Waals surface area contributed by atoms with Gasteiger partial charge in [-0.1, -0.05) is 6.07 Å². The number of nitrogens with two attached hydrogens (primary N) is 1. The highest BCUT2D eigenvalue weighted by Crippen LogP contribution is 2.53. The number of hydrogen-bond donors (Lipinski definition) is 6. The molecule has 37 heavy (non-hydrogen) atoms. The Morgan fingerprint density at radius 1 is 1.08 bits per heavy atom. The number of primary amides is 1. The summed E-state index contributed by atoms with van der Waals surface area (Å²) in [6.07, 6.45) is 0.482. The zero-order valence-electron chi connectivity index (χ0n) is 20.9. The fraction of sp³-hybridized carbons (Fsp3) is 0.440. The van der Waals surface area contributed by atoms with Gasteiger partial charge in [0.2, 0.25) is 0 Å². The molecule has 3 unspecified atom stereocenters. The van der Waals surface area contributed by atoms with Gasteiger partial charge in [0.15, 0.2) is 11.4 Å². The molecule has 1 aromatic carbocycles. The number of fused-ring (bicyclic) bond motifs is 3. The predicted molar refractivity (Wildman–Crippen MR) is 130 cm³/mol. The first-order valence-electron chi connectivity index (χ1n) is 11.7. The number of phenolic OH excluding ortho intramolecular Hbond substituents is 1. The van der Waals surface area contributed by atoms with Crippen LogP contribution in [-0.4, -0.2) is 93.6 Å². The van der Waals surface area contributed by atoms with Crippen molar-refractivity contribution < 1.29 is 39.6 Å². The second kappa shape index (κ2) is 8.89. The number of carbonyl (C=O) groups is 4. The van der Waals surface area contributed by atoms with Crippen molar-refractivity contribution in [3.05, 3.63) is 45.9 Å². The van der Waals surface area contributed by atoms with E-state index in [4.69, 9.17) is 5.73 Å². The monoisotopic (exact) mass is 514 g/mol. The fourth-order valence-corrected chi connectivity index (χ4v) is 5.79. The number of phenols is 1. The predicted octanol–water partition coefficient (Wildman–Crippen LogP) is -0.493. The number of aromatic hydroxyl groups is 1. The molecule has 0 fully saturated rings. The van der Waals surface area contributed by atoms with E-state index < -0.39 is 58.2 Å². The molecule has 7 N–H and O–H groups in total. The van der Waals surface area contributed by atoms with E-state index in [0.29, 0.717) is 17.6 Å². The first kappa shape index (κ1) is 26.2. The summed E-state index contributed by atoms with van der Waals surface area (Å²) in [5.41, 5.74) is 3.55. The van der Waals surface area contributed by atoms with Crippen molar-refractivity contribution in [1.82, 2.24) is 9.80 Å². The Morgan fingerprint density at radius 2 is 1.73 bits per heavy atom. The average Bonchev–Trinajstić information content (AvgIpc) is 2.81. The third-order valence-corrected chi connectivity index (χ3v) is 7.59. The Bertz CT molecular complexity index is 1300. The molecule has 0 aliphatic heterocycles. The van der Waals surface area contributed by atoms with E-state index in [1.165, 1.54) is 25.1 Å². The van der Waals surface area contributed by atoms with Gasteiger partial charge in [-0.05, 0) is 50.1 Å². The number of nitrogens with one attached hydrogen (secondary N) is 1. The number of nitrogens with zero attached hydrogens (tertiary/aromatic N) is 2. The second-order valence-electron chi connectivity index (χ2n) is 10.2. The lowest BCUT2D eigenvalue weighted by molar-refractivity contribution is -0.141. The molecule has 3 aliphatic rings. The first-order chi connectivity index (χ1) is 17.2. The van der Waals surface area contributed by atoms with Crippen molar-refractivity contribution in [1.29, 1.82) is 0 Å². The molecule has 0 radical (unpaired) electrons. The average molecular weight is 515 g/mol. The Kier molecular flexibility index (Phi) is 6.29. The Hall–Kier alpha value is -3.90. The van der Waals surface area contributed by atoms with E-state index in [-0.39, 0.29) is 30.2 Å². The second-order valence-corrected chi connectivity index (χ2v) is 10.2. The number of aliphatic hydroxyl groups is 3. The number of aliphatic hydroxyl groups excluding tert-OH is 2. The van der Waals surface area contributed by atoms with E-state index in [0.717, 1.165) is 10.5 Å². The van der Waals surface area contributed by atoms with Gasteiger partial charge < -0.3 is 36.4 Å². The molecule has 1 aromatic rings. The fourth-order valence-electron chi connectivity index (χ4n) is 5.79. The Balaban J connectivity index is 1.80. The van der Waals surface area contributed by atoms with Gasteiger partial charge in [0, 0.05) is 32.0 Å². The van der Waals surface area contributed by atoms with Crippen molar-refractivity contribution in [2.24, 2.45) is 17.6 Å². The molecule has 3 amide bonds. The standard InChI is InChI=1S/C25H30N4O8/c1-28(2)17-14-8-11-7-10-5-6-15(27-23(35)24(36)29(3)4)18(30)12(10)9-13(11)20(32)25(14,37)21(33)16(19(17)31)22(26)34/h5-6,11,14,17,30,32-33,37H,7-9H2,1-4H3,(H2,26,34)(H,27,35)/t11?,14?,17-,25?/m0/s1. The Labute approximate surface area is 212 Å². The summed E-state index contributed by atoms with van der Waals surface area (Å²) >= 11 is 0. The number of amides is 3. The molecular formula is C25H30N4O8. The highest BCUT2D eigenvalue weighted by Gasteiger charge is 2.61. The van der Waals surface area contributed by atoms with Gasteiger partial charge in [0.1, 0.15) is 22.8 Å². The van der Waals surface area contributed by atoms with Crippen LogP contribution in [0.2, 0.25) is 0 Å². The number of Topliss-reactive ketones (excluding diaryl/α,β-unsaturated/α-hetero) is 1. The SMILES string of the molecule is CN(C)C(=O)C(=O)Nc1ccc2c(c1O)CC1=C(O)C3(O)C(O)=C(C(N)=O)C(=O)[C@@H](N(C)C)C3CC1C2. The molecule has 4 atom stereocenters. The lowest BCUT2D eigenvalue weighted by Crippen LogP contribution is -2.62. The van der Waals surface area contributed by atoms with Gasteiger partial charge in [-0.3, -0.25) is 24.1 Å². The van der Waals surface area contributed by atoms with E-state index in [9.17, 15) is 39.6 Å². The number of ketones is 1. The van der Waals surface area contributed by atoms with Gasteiger partial charge in [-0.25, -0.2) is 0 Å². The van der Waals surface area contributed by atoms with Gasteiger partial charge in [0.05, 0.1) is 11.7 Å². The number of likely N-dealkylation sites (N-methyl/N-ethyl adjacent to an activating group) is 2. The number of benzene rings is 1. The molecular weight excluding hydrogens is 484 g/mol. The van der Waals surface area contributed by atoms with Gasteiger partial charge in [-0.15, -0.1) is 0 Å². The third kappa shape index (κ3) is 3.83. The normalized spacial score (nSPS) is 26.9. The summed E-state index contributed by atoms with van der Waals surface area (Å²) in [5.74, 6) is -6.92. The summed E-state index contributed by atoms with van der Waals surface area (Å²) in [5, 5.41) is 47.2. The molecule has 0 heterocycles. The highest BCUT2D eigenvalue weighted by molar-refractivity contribution is 6.39. The number of anilines is 1. The molecule has 3 aliphatic carbocycles. The summed E-state index contributed by atoms with van der Waals surface area (Å²) in [6, 6.07) is 2.13. The van der Waals surface area contributed by atoms with E-state index >= 15 is 0 Å². The van der Waals surface area contributed by atoms with E-state index in [1.54, 1.807) is 20.2 Å². The van der Waals surface area contributed by atoms with E-state index in [1.807, 2.05) is 0 Å². The van der Waals surface area contributed by atoms with Crippen molar-refractivity contribution in [2.75, 3.05) is 33.5 Å². The number of rotatable bonds is 3. The quantitative estimate of drug-likeness (QED) is 0.175. The summed E-state index contributed by atoms with van der Waals surface area (Å²) in [4.78, 5) is 51.8. The highest BCUT2D eigenvalue weighted by atomic mass is 16.4. The maximum absolute atomic E-state index is 13.1. The van der Waals surface area contributed by atoms with Gasteiger partial charge >= 0.3 is 11.8 Å². The van der Waals surface area contributed by atoms with Crippen molar-refractivity contribution >= 4 is 29.2 Å². The summed E-state index contributed by atoms with van der Waals surface area (Å²) in [6.45, 7) is 0. The molecule has 0 saturated heterocycles. The molecule has 0 aromatic heterocycles. The number of carbonyl (C=O) groups excluding carboxylic acids is 4. The molecule has 0 saturated carbocycles. The summed E-state index contributed by atoms with van der Waals surface area (Å²) < 4.78 is 0. The lowest BCUT2D eigenvalue weighted by Gasteiger charge is -2.50. The number of allylic oxidation sites excluding steroid dienone is 1. The minimum absolute atomic E-state index is 0.000389. The molecule has 12 nitrogen and oxygen atoms in total. The minimum Gasteiger partial charge on any atom is -0.509 e. The topological polar surface area (TPSA) is 194 Å². The molecule has 198 valence electrons. The van der Waals surface area contributed by atoms with Crippen LogP contribution in [0.5, 0.6) is 5.75 Å². The molecule has 0 bridgehead atoms. The van der Waals surface area contributed by atoms with Crippen LogP contribution in [0, 0.1) is 11.8 Å². The first-order valence-corrected chi connectivity index (χ1v) is 11.7.